The van der Waals surface area contributed by atoms with E-state index >= 15 is 0 Å². The highest BCUT2D eigenvalue weighted by molar-refractivity contribution is 6.11. The van der Waals surface area contributed by atoms with Gasteiger partial charge in [0.25, 0.3) is 5.89 Å². The zero-order valence-corrected chi connectivity index (χ0v) is 13.0. The molecule has 0 aliphatic heterocycles. The summed E-state index contributed by atoms with van der Waals surface area (Å²) in [5.74, 6) is 0.414. The number of nitrogens with one attached hydrogen (secondary N) is 1. The molecule has 4 rings (SSSR count). The molecule has 2 aromatic heterocycles. The van der Waals surface area contributed by atoms with Crippen LogP contribution in [0, 0.1) is 0 Å². The summed E-state index contributed by atoms with van der Waals surface area (Å²) in [6.45, 7) is 0. The Morgan fingerprint density at radius 2 is 1.80 bits per heavy atom. The lowest BCUT2D eigenvalue weighted by Crippen LogP contribution is -1.99. The summed E-state index contributed by atoms with van der Waals surface area (Å²) in [6.07, 6.45) is 1.55. The quantitative estimate of drug-likeness (QED) is 0.557. The van der Waals surface area contributed by atoms with Crippen LogP contribution in [0.2, 0.25) is 0 Å². The molecule has 2 heterocycles. The maximum atomic E-state index is 12.5. The van der Waals surface area contributed by atoms with E-state index in [0.717, 1.165) is 5.56 Å². The third-order valence-corrected chi connectivity index (χ3v) is 3.78. The predicted molar refractivity (Wildman–Crippen MR) is 91.1 cm³/mol. The fourth-order valence-electron chi connectivity index (χ4n) is 2.51. The largest absolute Gasteiger partial charge is 0.507 e. The molecule has 2 aromatic carbocycles. The van der Waals surface area contributed by atoms with Gasteiger partial charge in [0, 0.05) is 17.3 Å². The van der Waals surface area contributed by atoms with Gasteiger partial charge in [-0.1, -0.05) is 47.6 Å². The second-order valence-corrected chi connectivity index (χ2v) is 5.44. The molecule has 6 heteroatoms. The predicted octanol–water partition coefficient (Wildman–Crippen LogP) is 3.67. The maximum absolute atomic E-state index is 12.5. The normalized spacial score (nSPS) is 10.7. The van der Waals surface area contributed by atoms with Crippen molar-refractivity contribution in [3.8, 4) is 28.7 Å². The number of benzene rings is 2. The monoisotopic (exact) mass is 331 g/mol. The molecule has 4 aromatic rings. The van der Waals surface area contributed by atoms with Crippen molar-refractivity contribution in [3.05, 3.63) is 78.0 Å². The molecule has 0 spiro atoms. The van der Waals surface area contributed by atoms with E-state index < -0.39 is 0 Å². The number of phenolic OH excluding ortho intramolecular Hbond substituents is 1. The van der Waals surface area contributed by atoms with Gasteiger partial charge in [0.05, 0.1) is 5.56 Å². The molecule has 0 aliphatic carbocycles. The van der Waals surface area contributed by atoms with Crippen LogP contribution in [-0.2, 0) is 0 Å². The number of H-pyrrole nitrogens is 1. The highest BCUT2D eigenvalue weighted by Crippen LogP contribution is 2.24. The maximum Gasteiger partial charge on any atom is 0.274 e. The van der Waals surface area contributed by atoms with Gasteiger partial charge in [-0.05, 0) is 18.2 Å². The molecular weight excluding hydrogens is 318 g/mol. The zero-order chi connectivity index (χ0) is 17.2. The number of hydrogen-bond acceptors (Lipinski definition) is 5. The van der Waals surface area contributed by atoms with Crippen LogP contribution in [0.3, 0.4) is 0 Å². The molecule has 6 nitrogen and oxygen atoms in total. The third kappa shape index (κ3) is 2.81. The van der Waals surface area contributed by atoms with E-state index in [-0.39, 0.29) is 23.0 Å². The van der Waals surface area contributed by atoms with Crippen molar-refractivity contribution in [2.24, 2.45) is 0 Å². The van der Waals surface area contributed by atoms with Gasteiger partial charge in [0.2, 0.25) is 5.82 Å². The molecule has 0 aliphatic rings. The SMILES string of the molecule is O=C(c1c[nH]c(-c2nc(-c3ccccc3)no2)c1)c1ccccc1O. The molecule has 122 valence electrons. The van der Waals surface area contributed by atoms with Crippen molar-refractivity contribution in [1.29, 1.82) is 0 Å². The summed E-state index contributed by atoms with van der Waals surface area (Å²) in [7, 11) is 0. The van der Waals surface area contributed by atoms with Crippen LogP contribution in [0.1, 0.15) is 15.9 Å². The van der Waals surface area contributed by atoms with Crippen LogP contribution >= 0.6 is 0 Å². The van der Waals surface area contributed by atoms with Crippen molar-refractivity contribution < 1.29 is 14.4 Å². The van der Waals surface area contributed by atoms with E-state index in [4.69, 9.17) is 4.52 Å². The first kappa shape index (κ1) is 14.9. The number of para-hydroxylation sites is 1. The van der Waals surface area contributed by atoms with E-state index in [2.05, 4.69) is 15.1 Å². The van der Waals surface area contributed by atoms with Gasteiger partial charge in [0.1, 0.15) is 11.4 Å². The molecule has 0 amide bonds. The van der Waals surface area contributed by atoms with Gasteiger partial charge < -0.3 is 14.6 Å². The van der Waals surface area contributed by atoms with Gasteiger partial charge in [-0.25, -0.2) is 0 Å². The summed E-state index contributed by atoms with van der Waals surface area (Å²) in [4.78, 5) is 19.8. The molecule has 0 atom stereocenters. The van der Waals surface area contributed by atoms with Crippen LogP contribution in [0.4, 0.5) is 0 Å². The van der Waals surface area contributed by atoms with Crippen LogP contribution in [0.25, 0.3) is 23.0 Å². The Hall–Kier alpha value is -3.67. The summed E-state index contributed by atoms with van der Waals surface area (Å²) < 4.78 is 5.27. The number of carbonyl (C=O) groups is 1. The summed E-state index contributed by atoms with van der Waals surface area (Å²) in [5, 5.41) is 13.8. The average molecular weight is 331 g/mol. The fourth-order valence-corrected chi connectivity index (χ4v) is 2.51. The lowest BCUT2D eigenvalue weighted by molar-refractivity contribution is 0.103. The Kier molecular flexibility index (Phi) is 3.63. The average Bonchev–Trinajstić information content (AvgIpc) is 3.32. The first-order valence-corrected chi connectivity index (χ1v) is 7.63. The molecule has 2 N–H and O–H groups in total. The van der Waals surface area contributed by atoms with Crippen LogP contribution in [-0.4, -0.2) is 26.0 Å². The molecule has 0 radical (unpaired) electrons. The van der Waals surface area contributed by atoms with Gasteiger partial charge in [-0.2, -0.15) is 4.98 Å². The van der Waals surface area contributed by atoms with Gasteiger partial charge >= 0.3 is 0 Å². The van der Waals surface area contributed by atoms with Crippen molar-refractivity contribution >= 4 is 5.78 Å². The molecule has 0 fully saturated rings. The van der Waals surface area contributed by atoms with Crippen LogP contribution in [0.15, 0.2) is 71.4 Å². The Morgan fingerprint density at radius 1 is 1.04 bits per heavy atom. The smallest absolute Gasteiger partial charge is 0.274 e. The van der Waals surface area contributed by atoms with Crippen LogP contribution in [0.5, 0.6) is 5.75 Å². The molecular formula is C19H13N3O3. The second kappa shape index (κ2) is 6.09. The standard InChI is InChI=1S/C19H13N3O3/c23-16-9-5-4-8-14(16)17(24)13-10-15(20-11-13)19-21-18(22-25-19)12-6-2-1-3-7-12/h1-11,20,23H. The molecule has 0 saturated carbocycles. The van der Waals surface area contributed by atoms with Crippen molar-refractivity contribution in [2.75, 3.05) is 0 Å². The Morgan fingerprint density at radius 3 is 2.60 bits per heavy atom. The van der Waals surface area contributed by atoms with Crippen molar-refractivity contribution in [2.45, 2.75) is 0 Å². The van der Waals surface area contributed by atoms with E-state index in [1.807, 2.05) is 30.3 Å². The number of rotatable bonds is 4. The lowest BCUT2D eigenvalue weighted by atomic mass is 10.0. The Bertz CT molecular complexity index is 1030. The first-order valence-electron chi connectivity index (χ1n) is 7.63. The van der Waals surface area contributed by atoms with Crippen molar-refractivity contribution in [3.63, 3.8) is 0 Å². The van der Waals surface area contributed by atoms with Crippen molar-refractivity contribution in [1.82, 2.24) is 15.1 Å². The highest BCUT2D eigenvalue weighted by atomic mass is 16.5. The number of aromatic hydroxyl groups is 1. The molecule has 0 saturated heterocycles. The minimum absolute atomic E-state index is 0.0561. The Labute approximate surface area is 142 Å². The lowest BCUT2D eigenvalue weighted by Gasteiger charge is -2.00. The van der Waals surface area contributed by atoms with Crippen LogP contribution < -0.4 is 0 Å². The Balaban J connectivity index is 1.63. The fraction of sp³-hybridized carbons (Fsp3) is 0. The summed E-state index contributed by atoms with van der Waals surface area (Å²) in [5.41, 5.74) is 2.02. The third-order valence-electron chi connectivity index (χ3n) is 3.78. The number of hydrogen-bond donors (Lipinski definition) is 2. The molecule has 0 bridgehead atoms. The minimum Gasteiger partial charge on any atom is -0.507 e. The summed E-state index contributed by atoms with van der Waals surface area (Å²) >= 11 is 0. The van der Waals surface area contributed by atoms with E-state index in [1.54, 1.807) is 30.5 Å². The van der Waals surface area contributed by atoms with E-state index in [0.29, 0.717) is 17.1 Å². The number of phenols is 1. The molecule has 0 unspecified atom stereocenters. The van der Waals surface area contributed by atoms with Gasteiger partial charge in [-0.15, -0.1) is 0 Å². The van der Waals surface area contributed by atoms with E-state index in [1.165, 1.54) is 6.07 Å². The second-order valence-electron chi connectivity index (χ2n) is 5.44. The number of nitrogens with zero attached hydrogens (tertiary/aromatic N) is 2. The first-order chi connectivity index (χ1) is 12.2. The number of aromatic amines is 1. The van der Waals surface area contributed by atoms with E-state index in [9.17, 15) is 9.90 Å². The highest BCUT2D eigenvalue weighted by Gasteiger charge is 2.17. The van der Waals surface area contributed by atoms with Gasteiger partial charge in [0.15, 0.2) is 5.78 Å². The van der Waals surface area contributed by atoms with Gasteiger partial charge in [-0.3, -0.25) is 4.79 Å². The topological polar surface area (TPSA) is 92.0 Å². The number of aromatic nitrogens is 3. The number of ketones is 1. The summed E-state index contributed by atoms with van der Waals surface area (Å²) in [6, 6.07) is 17.5. The zero-order valence-electron chi connectivity index (χ0n) is 13.0. The minimum atomic E-state index is -0.289. The number of carbonyl (C=O) groups excluding carboxylic acids is 1. The molecule has 25 heavy (non-hydrogen) atoms.